The highest BCUT2D eigenvalue weighted by atomic mass is 14.8. The maximum atomic E-state index is 6.54. The van der Waals surface area contributed by atoms with Gasteiger partial charge < -0.3 is 5.32 Å². The van der Waals surface area contributed by atoms with E-state index in [-0.39, 0.29) is 0 Å². The van der Waals surface area contributed by atoms with E-state index in [1.807, 2.05) is 7.05 Å². The van der Waals surface area contributed by atoms with Crippen molar-refractivity contribution in [3.05, 3.63) is 0 Å². The molecule has 0 fully saturated rings. The summed E-state index contributed by atoms with van der Waals surface area (Å²) < 4.78 is 0. The summed E-state index contributed by atoms with van der Waals surface area (Å²) in [5.74, 6) is 0. The molecule has 0 aliphatic carbocycles. The van der Waals surface area contributed by atoms with Crippen LogP contribution < -0.4 is 11.1 Å². The normalized spacial score (nSPS) is 8.40. The molecule has 31 valence electrons. The van der Waals surface area contributed by atoms with Gasteiger partial charge in [-0.3, -0.25) is 5.73 Å². The summed E-state index contributed by atoms with van der Waals surface area (Å²) in [6.07, 6.45) is 0. The lowest BCUT2D eigenvalue weighted by atomic mass is 10.7. The standard InChI is InChI=1S/C3H9N2/c1-5-3-2-4/h4-5H,2-3H2,1H3. The molecule has 0 heterocycles. The first-order chi connectivity index (χ1) is 2.41. The topological polar surface area (TPSA) is 35.8 Å². The van der Waals surface area contributed by atoms with Crippen molar-refractivity contribution in [3.63, 3.8) is 0 Å². The Kier molecular flexibility index (Phi) is 3.86. The molecule has 2 heteroatoms. The van der Waals surface area contributed by atoms with Crippen LogP contribution in [0.5, 0.6) is 0 Å². The van der Waals surface area contributed by atoms with Crippen LogP contribution >= 0.6 is 0 Å². The van der Waals surface area contributed by atoms with Crippen LogP contribution in [0.1, 0.15) is 0 Å². The van der Waals surface area contributed by atoms with Gasteiger partial charge in [-0.1, -0.05) is 0 Å². The van der Waals surface area contributed by atoms with Gasteiger partial charge in [0.2, 0.25) is 0 Å². The molecule has 0 saturated carbocycles. The Morgan fingerprint density at radius 2 is 2.40 bits per heavy atom. The third-order valence-electron chi connectivity index (χ3n) is 0.375. The van der Waals surface area contributed by atoms with E-state index in [0.717, 1.165) is 6.54 Å². The highest BCUT2D eigenvalue weighted by Gasteiger charge is 1.65. The molecule has 0 aliphatic heterocycles. The van der Waals surface area contributed by atoms with Gasteiger partial charge >= 0.3 is 0 Å². The molecule has 0 atom stereocenters. The van der Waals surface area contributed by atoms with E-state index in [2.05, 4.69) is 5.32 Å². The number of rotatable bonds is 2. The highest BCUT2D eigenvalue weighted by molar-refractivity contribution is 4.32. The first-order valence-corrected chi connectivity index (χ1v) is 1.71. The molecule has 0 saturated heterocycles. The molecule has 1 radical (unpaired) electrons. The zero-order chi connectivity index (χ0) is 4.12. The average molecular weight is 73.1 g/mol. The SMILES string of the molecule is CNCC[NH]. The van der Waals surface area contributed by atoms with E-state index in [1.54, 1.807) is 0 Å². The Morgan fingerprint density at radius 1 is 1.80 bits per heavy atom. The second kappa shape index (κ2) is 3.92. The van der Waals surface area contributed by atoms with Crippen molar-refractivity contribution >= 4 is 0 Å². The van der Waals surface area contributed by atoms with E-state index in [4.69, 9.17) is 5.73 Å². The molecule has 0 aromatic carbocycles. The van der Waals surface area contributed by atoms with E-state index in [1.165, 1.54) is 0 Å². The van der Waals surface area contributed by atoms with Crippen LogP contribution in [0.2, 0.25) is 0 Å². The maximum Gasteiger partial charge on any atom is 0.0225 e. The van der Waals surface area contributed by atoms with Crippen molar-refractivity contribution < 1.29 is 0 Å². The lowest BCUT2D eigenvalue weighted by Crippen LogP contribution is -2.11. The van der Waals surface area contributed by atoms with Gasteiger partial charge in [0.1, 0.15) is 0 Å². The number of hydrogen-bond acceptors (Lipinski definition) is 1. The van der Waals surface area contributed by atoms with Gasteiger partial charge in [0.25, 0.3) is 0 Å². The average Bonchev–Trinajstić information content (AvgIpc) is 1.41. The van der Waals surface area contributed by atoms with Crippen LogP contribution in [0.3, 0.4) is 0 Å². The van der Waals surface area contributed by atoms with E-state index >= 15 is 0 Å². The van der Waals surface area contributed by atoms with Crippen molar-refractivity contribution in [2.75, 3.05) is 20.1 Å². The summed E-state index contributed by atoms with van der Waals surface area (Å²) in [6.45, 7) is 1.29. The third-order valence-corrected chi connectivity index (χ3v) is 0.375. The van der Waals surface area contributed by atoms with Crippen molar-refractivity contribution in [1.29, 1.82) is 0 Å². The Morgan fingerprint density at radius 3 is 2.40 bits per heavy atom. The van der Waals surface area contributed by atoms with Crippen LogP contribution in [0, 0.1) is 0 Å². The van der Waals surface area contributed by atoms with Gasteiger partial charge in [-0.05, 0) is 7.05 Å². The molecule has 2 N–H and O–H groups in total. The zero-order valence-electron chi connectivity index (χ0n) is 3.41. The fourth-order valence-electron chi connectivity index (χ4n) is 0.125. The van der Waals surface area contributed by atoms with Gasteiger partial charge in [0.05, 0.1) is 0 Å². The monoisotopic (exact) mass is 73.1 g/mol. The summed E-state index contributed by atoms with van der Waals surface area (Å²) in [6, 6.07) is 0. The smallest absolute Gasteiger partial charge is 0.0225 e. The summed E-state index contributed by atoms with van der Waals surface area (Å²) in [7, 11) is 1.84. The molecule has 0 spiro atoms. The predicted molar refractivity (Wildman–Crippen MR) is 21.9 cm³/mol. The van der Waals surface area contributed by atoms with Gasteiger partial charge in [-0.25, -0.2) is 0 Å². The van der Waals surface area contributed by atoms with Gasteiger partial charge in [-0.2, -0.15) is 0 Å². The molecule has 0 amide bonds. The summed E-state index contributed by atoms with van der Waals surface area (Å²) in [5, 5.41) is 2.83. The number of likely N-dealkylation sites (N-methyl/N-ethyl adjacent to an activating group) is 1. The first-order valence-electron chi connectivity index (χ1n) is 1.71. The zero-order valence-corrected chi connectivity index (χ0v) is 3.41. The van der Waals surface area contributed by atoms with Crippen LogP contribution in [0.15, 0.2) is 0 Å². The molecule has 0 aromatic heterocycles. The highest BCUT2D eigenvalue weighted by Crippen LogP contribution is 1.40. The minimum absolute atomic E-state index is 0.483. The first kappa shape index (κ1) is 4.92. The van der Waals surface area contributed by atoms with Crippen LogP contribution in [0.25, 0.3) is 0 Å². The van der Waals surface area contributed by atoms with Crippen LogP contribution in [-0.4, -0.2) is 20.1 Å². The summed E-state index contributed by atoms with van der Waals surface area (Å²) in [4.78, 5) is 0. The molecule has 0 bridgehead atoms. The van der Waals surface area contributed by atoms with Gasteiger partial charge in [0.15, 0.2) is 0 Å². The Balaban J connectivity index is 2.19. The van der Waals surface area contributed by atoms with E-state index < -0.39 is 0 Å². The van der Waals surface area contributed by atoms with Gasteiger partial charge in [0, 0.05) is 13.1 Å². The molecular formula is C3H9N2. The van der Waals surface area contributed by atoms with Crippen LogP contribution in [0.4, 0.5) is 0 Å². The largest absolute Gasteiger partial charge is 0.318 e. The number of nitrogens with one attached hydrogen (secondary N) is 2. The Labute approximate surface area is 32.4 Å². The Hall–Kier alpha value is -0.0800. The van der Waals surface area contributed by atoms with Crippen molar-refractivity contribution in [3.8, 4) is 0 Å². The molecule has 0 aliphatic rings. The fourth-order valence-corrected chi connectivity index (χ4v) is 0.125. The van der Waals surface area contributed by atoms with Crippen LogP contribution in [-0.2, 0) is 0 Å². The summed E-state index contributed by atoms with van der Waals surface area (Å²) >= 11 is 0. The van der Waals surface area contributed by atoms with E-state index in [9.17, 15) is 0 Å². The third kappa shape index (κ3) is 3.92. The predicted octanol–water partition coefficient (Wildman–Crippen LogP) is -0.511. The summed E-state index contributed by atoms with van der Waals surface area (Å²) in [5.41, 5.74) is 6.54. The fraction of sp³-hybridized carbons (Fsp3) is 1.00. The lowest BCUT2D eigenvalue weighted by molar-refractivity contribution is 0.790. The quantitative estimate of drug-likeness (QED) is 0.469. The number of hydrogen-bond donors (Lipinski definition) is 1. The molecule has 0 unspecified atom stereocenters. The van der Waals surface area contributed by atoms with Gasteiger partial charge in [-0.15, -0.1) is 0 Å². The van der Waals surface area contributed by atoms with Crippen molar-refractivity contribution in [1.82, 2.24) is 11.1 Å². The minimum atomic E-state index is 0.483. The molecule has 0 aromatic rings. The van der Waals surface area contributed by atoms with E-state index in [0.29, 0.717) is 6.54 Å². The minimum Gasteiger partial charge on any atom is -0.318 e. The molecular weight excluding hydrogens is 64.0 g/mol. The second-order valence-corrected chi connectivity index (χ2v) is 0.854. The maximum absolute atomic E-state index is 6.54. The van der Waals surface area contributed by atoms with Crippen molar-refractivity contribution in [2.24, 2.45) is 0 Å². The Bertz CT molecular complexity index is 12.4. The lowest BCUT2D eigenvalue weighted by Gasteiger charge is -1.84. The van der Waals surface area contributed by atoms with Crippen molar-refractivity contribution in [2.45, 2.75) is 0 Å². The molecule has 2 nitrogen and oxygen atoms in total. The second-order valence-electron chi connectivity index (χ2n) is 0.854. The molecule has 5 heavy (non-hydrogen) atoms. The molecule has 0 rings (SSSR count).